The quantitative estimate of drug-likeness (QED) is 0.457. The third-order valence-electron chi connectivity index (χ3n) is 4.62. The monoisotopic (exact) mass is 416 g/mol. The van der Waals surface area contributed by atoms with Crippen molar-refractivity contribution < 1.29 is 4.79 Å². The van der Waals surface area contributed by atoms with E-state index in [1.54, 1.807) is 42.2 Å². The molecule has 0 saturated carbocycles. The number of benzene rings is 2. The lowest BCUT2D eigenvalue weighted by Crippen LogP contribution is -2.10. The lowest BCUT2D eigenvalue weighted by atomic mass is 10.2. The van der Waals surface area contributed by atoms with Gasteiger partial charge in [-0.15, -0.1) is 11.8 Å². The second-order valence-corrected chi connectivity index (χ2v) is 7.34. The van der Waals surface area contributed by atoms with Gasteiger partial charge >= 0.3 is 0 Å². The van der Waals surface area contributed by atoms with Crippen molar-refractivity contribution in [3.63, 3.8) is 0 Å². The van der Waals surface area contributed by atoms with Crippen LogP contribution in [0.25, 0.3) is 16.9 Å². The minimum Gasteiger partial charge on any atom is -0.366 e. The van der Waals surface area contributed by atoms with Crippen molar-refractivity contribution in [2.45, 2.75) is 11.9 Å². The predicted molar refractivity (Wildman–Crippen MR) is 119 cm³/mol. The maximum atomic E-state index is 11.2. The molecule has 4 rings (SSSR count). The molecule has 8 heteroatoms. The number of anilines is 2. The fraction of sp³-hybridized carbons (Fsp3) is 0.0909. The topological polar surface area (TPSA) is 98.7 Å². The van der Waals surface area contributed by atoms with Crippen LogP contribution in [0.2, 0.25) is 0 Å². The summed E-state index contributed by atoms with van der Waals surface area (Å²) in [5.74, 6) is -0.00599. The third-order valence-corrected chi connectivity index (χ3v) is 5.29. The molecule has 7 nitrogen and oxygen atoms in total. The van der Waals surface area contributed by atoms with Gasteiger partial charge in [-0.05, 0) is 55.6 Å². The van der Waals surface area contributed by atoms with Gasteiger partial charge in [-0.3, -0.25) is 4.79 Å². The van der Waals surface area contributed by atoms with E-state index in [2.05, 4.69) is 10.3 Å². The van der Waals surface area contributed by atoms with Crippen molar-refractivity contribution in [3.05, 3.63) is 78.1 Å². The van der Waals surface area contributed by atoms with Gasteiger partial charge in [0, 0.05) is 17.4 Å². The highest BCUT2D eigenvalue weighted by Gasteiger charge is 2.18. The standard InChI is InChI=1S/C22H20N6OS/c1-14-19(21(30-2)27-28(14)17-6-4-3-5-7-17)18-12-13-24-22(26-18)25-16-10-8-15(9-11-16)20(23)29/h3-13H,1-2H3,(H2,23,29)(H,24,25,26). The number of nitrogens with zero attached hydrogens (tertiary/aromatic N) is 4. The molecule has 0 fully saturated rings. The Morgan fingerprint density at radius 3 is 2.47 bits per heavy atom. The molecule has 2 heterocycles. The minimum absolute atomic E-state index is 0.448. The molecule has 1 amide bonds. The molecule has 0 unspecified atom stereocenters. The maximum absolute atomic E-state index is 11.2. The summed E-state index contributed by atoms with van der Waals surface area (Å²) in [6.45, 7) is 2.03. The van der Waals surface area contributed by atoms with Crippen molar-refractivity contribution in [3.8, 4) is 16.9 Å². The number of aromatic nitrogens is 4. The Labute approximate surface area is 178 Å². The molecule has 0 atom stereocenters. The molecule has 150 valence electrons. The third kappa shape index (κ3) is 3.90. The molecule has 0 aliphatic heterocycles. The van der Waals surface area contributed by atoms with E-state index < -0.39 is 5.91 Å². The number of para-hydroxylation sites is 1. The van der Waals surface area contributed by atoms with Crippen molar-refractivity contribution in [1.29, 1.82) is 0 Å². The number of carbonyl (C=O) groups excluding carboxylic acids is 1. The van der Waals surface area contributed by atoms with Crippen LogP contribution >= 0.6 is 11.8 Å². The van der Waals surface area contributed by atoms with Gasteiger partial charge in [0.1, 0.15) is 5.03 Å². The first-order valence-corrected chi connectivity index (χ1v) is 10.5. The van der Waals surface area contributed by atoms with Gasteiger partial charge < -0.3 is 11.1 Å². The molecule has 0 aliphatic carbocycles. The Morgan fingerprint density at radius 1 is 1.07 bits per heavy atom. The molecule has 3 N–H and O–H groups in total. The summed E-state index contributed by atoms with van der Waals surface area (Å²) in [6, 6.07) is 18.7. The van der Waals surface area contributed by atoms with Crippen LogP contribution in [-0.4, -0.2) is 31.9 Å². The van der Waals surface area contributed by atoms with Gasteiger partial charge in [0.25, 0.3) is 0 Å². The van der Waals surface area contributed by atoms with E-state index >= 15 is 0 Å². The zero-order chi connectivity index (χ0) is 21.1. The molecule has 0 spiro atoms. The summed E-state index contributed by atoms with van der Waals surface area (Å²) in [6.07, 6.45) is 3.72. The number of carbonyl (C=O) groups is 1. The van der Waals surface area contributed by atoms with Crippen LogP contribution in [-0.2, 0) is 0 Å². The summed E-state index contributed by atoms with van der Waals surface area (Å²) < 4.78 is 1.93. The molecule has 2 aromatic heterocycles. The smallest absolute Gasteiger partial charge is 0.248 e. The first-order chi connectivity index (χ1) is 14.6. The zero-order valence-corrected chi connectivity index (χ0v) is 17.4. The molecular weight excluding hydrogens is 396 g/mol. The van der Waals surface area contributed by atoms with Crippen LogP contribution in [0.1, 0.15) is 16.1 Å². The van der Waals surface area contributed by atoms with E-state index in [1.807, 2.05) is 54.3 Å². The van der Waals surface area contributed by atoms with E-state index in [0.717, 1.165) is 33.4 Å². The van der Waals surface area contributed by atoms with Crippen molar-refractivity contribution >= 4 is 29.3 Å². The summed E-state index contributed by atoms with van der Waals surface area (Å²) >= 11 is 1.58. The second-order valence-electron chi connectivity index (χ2n) is 6.55. The number of nitrogens with one attached hydrogen (secondary N) is 1. The van der Waals surface area contributed by atoms with Crippen LogP contribution in [0.3, 0.4) is 0 Å². The Kier molecular flexibility index (Phi) is 5.49. The number of amides is 1. The summed E-state index contributed by atoms with van der Waals surface area (Å²) in [7, 11) is 0. The summed E-state index contributed by atoms with van der Waals surface area (Å²) in [4.78, 5) is 20.2. The number of hydrogen-bond donors (Lipinski definition) is 2. The molecule has 0 radical (unpaired) electrons. The van der Waals surface area contributed by atoms with Gasteiger partial charge in [-0.25, -0.2) is 14.6 Å². The molecule has 0 saturated heterocycles. The normalized spacial score (nSPS) is 10.7. The molecule has 30 heavy (non-hydrogen) atoms. The molecule has 0 aliphatic rings. The SMILES string of the molecule is CSc1nn(-c2ccccc2)c(C)c1-c1ccnc(Nc2ccc(C(N)=O)cc2)n1. The van der Waals surface area contributed by atoms with Gasteiger partial charge in [0.05, 0.1) is 22.6 Å². The van der Waals surface area contributed by atoms with Crippen LogP contribution in [0.15, 0.2) is 71.9 Å². The van der Waals surface area contributed by atoms with Crippen LogP contribution < -0.4 is 11.1 Å². The lowest BCUT2D eigenvalue weighted by Gasteiger charge is -2.08. The Bertz CT molecular complexity index is 1190. The predicted octanol–water partition coefficient (Wildman–Crippen LogP) is 4.20. The maximum Gasteiger partial charge on any atom is 0.248 e. The van der Waals surface area contributed by atoms with Crippen molar-refractivity contribution in [2.75, 3.05) is 11.6 Å². The molecule has 4 aromatic rings. The first kappa shape index (κ1) is 19.7. The number of thioether (sulfide) groups is 1. The average Bonchev–Trinajstić information content (AvgIpc) is 3.11. The van der Waals surface area contributed by atoms with Gasteiger partial charge in [-0.1, -0.05) is 18.2 Å². The van der Waals surface area contributed by atoms with Gasteiger partial charge in [-0.2, -0.15) is 5.10 Å². The molecule has 2 aromatic carbocycles. The largest absolute Gasteiger partial charge is 0.366 e. The number of rotatable bonds is 6. The number of primary amides is 1. The summed E-state index contributed by atoms with van der Waals surface area (Å²) in [5, 5.41) is 8.83. The van der Waals surface area contributed by atoms with Crippen LogP contribution in [0, 0.1) is 6.92 Å². The fourth-order valence-corrected chi connectivity index (χ4v) is 3.76. The van der Waals surface area contributed by atoms with Crippen LogP contribution in [0.5, 0.6) is 0 Å². The number of hydrogen-bond acceptors (Lipinski definition) is 6. The molecular formula is C22H20N6OS. The fourth-order valence-electron chi connectivity index (χ4n) is 3.14. The second kappa shape index (κ2) is 8.38. The van der Waals surface area contributed by atoms with Crippen molar-refractivity contribution in [1.82, 2.24) is 19.7 Å². The van der Waals surface area contributed by atoms with E-state index in [1.165, 1.54) is 0 Å². The Morgan fingerprint density at radius 2 is 1.80 bits per heavy atom. The lowest BCUT2D eigenvalue weighted by molar-refractivity contribution is 0.100. The highest BCUT2D eigenvalue weighted by Crippen LogP contribution is 2.33. The van der Waals surface area contributed by atoms with E-state index in [0.29, 0.717) is 11.5 Å². The van der Waals surface area contributed by atoms with E-state index in [-0.39, 0.29) is 0 Å². The average molecular weight is 417 g/mol. The van der Waals surface area contributed by atoms with E-state index in [9.17, 15) is 4.79 Å². The van der Waals surface area contributed by atoms with Gasteiger partial charge in [0.15, 0.2) is 0 Å². The van der Waals surface area contributed by atoms with Crippen molar-refractivity contribution in [2.24, 2.45) is 5.73 Å². The highest BCUT2D eigenvalue weighted by atomic mass is 32.2. The zero-order valence-electron chi connectivity index (χ0n) is 16.5. The first-order valence-electron chi connectivity index (χ1n) is 9.26. The highest BCUT2D eigenvalue weighted by molar-refractivity contribution is 7.98. The summed E-state index contributed by atoms with van der Waals surface area (Å²) in [5.41, 5.74) is 10.3. The van der Waals surface area contributed by atoms with Gasteiger partial charge in [0.2, 0.25) is 11.9 Å². The Hall–Kier alpha value is -3.65. The van der Waals surface area contributed by atoms with Crippen LogP contribution in [0.4, 0.5) is 11.6 Å². The molecule has 0 bridgehead atoms. The van der Waals surface area contributed by atoms with E-state index in [4.69, 9.17) is 15.8 Å². The minimum atomic E-state index is -0.463. The Balaban J connectivity index is 1.68. The number of nitrogens with two attached hydrogens (primary N) is 1.